The van der Waals surface area contributed by atoms with Crippen molar-refractivity contribution in [1.29, 1.82) is 0 Å². The number of carbonyl (C=O) groups excluding carboxylic acids is 1. The second-order valence-electron chi connectivity index (χ2n) is 6.43. The van der Waals surface area contributed by atoms with Crippen LogP contribution in [0.3, 0.4) is 0 Å². The molecule has 0 atom stereocenters. The van der Waals surface area contributed by atoms with E-state index in [9.17, 15) is 4.79 Å². The van der Waals surface area contributed by atoms with Crippen LogP contribution in [-0.4, -0.2) is 25.7 Å². The summed E-state index contributed by atoms with van der Waals surface area (Å²) in [6.45, 7) is 7.11. The van der Waals surface area contributed by atoms with E-state index < -0.39 is 0 Å². The van der Waals surface area contributed by atoms with Gasteiger partial charge in [-0.2, -0.15) is 0 Å². The van der Waals surface area contributed by atoms with Crippen molar-refractivity contribution >= 4 is 17.3 Å². The SMILES string of the molecule is C=CCOc1ccccc1NC(=O)CNc1ccc(OCCCCCC)cc1. The highest BCUT2D eigenvalue weighted by molar-refractivity contribution is 5.95. The molecule has 2 N–H and O–H groups in total. The number of unbranched alkanes of at least 4 members (excludes halogenated alkanes) is 3. The molecule has 1 amide bonds. The highest BCUT2D eigenvalue weighted by Gasteiger charge is 2.07. The molecule has 2 aromatic carbocycles. The number of amides is 1. The molecule has 5 nitrogen and oxygen atoms in total. The van der Waals surface area contributed by atoms with E-state index in [4.69, 9.17) is 9.47 Å². The van der Waals surface area contributed by atoms with E-state index in [0.717, 1.165) is 24.5 Å². The third-order valence-electron chi connectivity index (χ3n) is 4.09. The lowest BCUT2D eigenvalue weighted by Crippen LogP contribution is -2.22. The molecule has 2 rings (SSSR count). The number of rotatable bonds is 13. The standard InChI is InChI=1S/C23H30N2O3/c1-3-5-6-9-17-27-20-14-12-19(13-15-20)24-18-23(26)25-21-10-7-8-11-22(21)28-16-4-2/h4,7-8,10-15,24H,2-3,5-6,9,16-18H2,1H3,(H,25,26). The molecule has 0 aliphatic heterocycles. The Bertz CT molecular complexity index is 729. The summed E-state index contributed by atoms with van der Waals surface area (Å²) in [7, 11) is 0. The van der Waals surface area contributed by atoms with Crippen molar-refractivity contribution < 1.29 is 14.3 Å². The van der Waals surface area contributed by atoms with Crippen LogP contribution in [0.15, 0.2) is 61.2 Å². The Kier molecular flexibility index (Phi) is 9.49. The molecule has 150 valence electrons. The maximum Gasteiger partial charge on any atom is 0.243 e. The molecule has 2 aromatic rings. The summed E-state index contributed by atoms with van der Waals surface area (Å²) in [6, 6.07) is 15.0. The molecule has 0 aliphatic rings. The molecule has 0 heterocycles. The highest BCUT2D eigenvalue weighted by Crippen LogP contribution is 2.23. The van der Waals surface area contributed by atoms with Gasteiger partial charge in [-0.1, -0.05) is 51.0 Å². The zero-order valence-corrected chi connectivity index (χ0v) is 16.6. The van der Waals surface area contributed by atoms with E-state index in [0.29, 0.717) is 18.0 Å². The predicted molar refractivity (Wildman–Crippen MR) is 115 cm³/mol. The van der Waals surface area contributed by atoms with Crippen molar-refractivity contribution in [3.8, 4) is 11.5 Å². The molecule has 28 heavy (non-hydrogen) atoms. The Morgan fingerprint density at radius 1 is 1.04 bits per heavy atom. The number of benzene rings is 2. The Balaban J connectivity index is 1.76. The van der Waals surface area contributed by atoms with E-state index >= 15 is 0 Å². The van der Waals surface area contributed by atoms with Gasteiger partial charge < -0.3 is 20.1 Å². The fourth-order valence-corrected chi connectivity index (χ4v) is 2.61. The maximum absolute atomic E-state index is 12.2. The summed E-state index contributed by atoms with van der Waals surface area (Å²) in [5.41, 5.74) is 1.51. The molecule has 0 unspecified atom stereocenters. The monoisotopic (exact) mass is 382 g/mol. The normalized spacial score (nSPS) is 10.2. The van der Waals surface area contributed by atoms with Crippen molar-refractivity contribution in [2.24, 2.45) is 0 Å². The molecule has 0 bridgehead atoms. The van der Waals surface area contributed by atoms with Crippen LogP contribution in [0.4, 0.5) is 11.4 Å². The van der Waals surface area contributed by atoms with Gasteiger partial charge in [-0.3, -0.25) is 4.79 Å². The van der Waals surface area contributed by atoms with E-state index in [1.54, 1.807) is 6.08 Å². The van der Waals surface area contributed by atoms with Crippen LogP contribution in [0.5, 0.6) is 11.5 Å². The van der Waals surface area contributed by atoms with E-state index in [1.807, 2.05) is 48.5 Å². The molecule has 0 aliphatic carbocycles. The highest BCUT2D eigenvalue weighted by atomic mass is 16.5. The molecule has 0 aromatic heterocycles. The Labute approximate surface area is 167 Å². The molecule has 0 fully saturated rings. The number of anilines is 2. The van der Waals surface area contributed by atoms with Crippen LogP contribution in [0.1, 0.15) is 32.6 Å². The lowest BCUT2D eigenvalue weighted by Gasteiger charge is -2.12. The van der Waals surface area contributed by atoms with Gasteiger partial charge in [-0.25, -0.2) is 0 Å². The number of nitrogens with one attached hydrogen (secondary N) is 2. The summed E-state index contributed by atoms with van der Waals surface area (Å²) < 4.78 is 11.3. The topological polar surface area (TPSA) is 59.6 Å². The maximum atomic E-state index is 12.2. The van der Waals surface area contributed by atoms with Gasteiger partial charge in [-0.15, -0.1) is 0 Å². The van der Waals surface area contributed by atoms with Gasteiger partial charge in [0.1, 0.15) is 18.1 Å². The minimum absolute atomic E-state index is 0.147. The van der Waals surface area contributed by atoms with Crippen LogP contribution < -0.4 is 20.1 Å². The first-order valence-corrected chi connectivity index (χ1v) is 9.82. The van der Waals surface area contributed by atoms with Crippen LogP contribution >= 0.6 is 0 Å². The van der Waals surface area contributed by atoms with Crippen molar-refractivity contribution in [2.75, 3.05) is 30.4 Å². The average Bonchev–Trinajstić information content (AvgIpc) is 2.72. The smallest absolute Gasteiger partial charge is 0.243 e. The van der Waals surface area contributed by atoms with E-state index in [1.165, 1.54) is 19.3 Å². The van der Waals surface area contributed by atoms with Gasteiger partial charge in [0.25, 0.3) is 0 Å². The van der Waals surface area contributed by atoms with Gasteiger partial charge in [0, 0.05) is 5.69 Å². The van der Waals surface area contributed by atoms with Crippen molar-refractivity contribution in [3.63, 3.8) is 0 Å². The van der Waals surface area contributed by atoms with Gasteiger partial charge in [-0.05, 0) is 42.8 Å². The summed E-state index contributed by atoms with van der Waals surface area (Å²) >= 11 is 0. The fraction of sp³-hybridized carbons (Fsp3) is 0.348. The Morgan fingerprint density at radius 3 is 2.57 bits per heavy atom. The van der Waals surface area contributed by atoms with Gasteiger partial charge >= 0.3 is 0 Å². The number of ether oxygens (including phenoxy) is 2. The van der Waals surface area contributed by atoms with Crippen LogP contribution in [0.25, 0.3) is 0 Å². The Hall–Kier alpha value is -2.95. The van der Waals surface area contributed by atoms with Crippen LogP contribution in [0, 0.1) is 0 Å². The first-order valence-electron chi connectivity index (χ1n) is 9.82. The summed E-state index contributed by atoms with van der Waals surface area (Å²) in [4.78, 5) is 12.2. The van der Waals surface area contributed by atoms with Gasteiger partial charge in [0.2, 0.25) is 5.91 Å². The van der Waals surface area contributed by atoms with E-state index in [2.05, 4.69) is 24.1 Å². The Morgan fingerprint density at radius 2 is 1.82 bits per heavy atom. The first kappa shape index (κ1) is 21.4. The molecule has 0 radical (unpaired) electrons. The van der Waals surface area contributed by atoms with Gasteiger partial charge in [0.05, 0.1) is 18.8 Å². The quantitative estimate of drug-likeness (QED) is 0.366. The summed E-state index contributed by atoms with van der Waals surface area (Å²) in [5, 5.41) is 5.97. The number of hydrogen-bond donors (Lipinski definition) is 2. The second-order valence-corrected chi connectivity index (χ2v) is 6.43. The van der Waals surface area contributed by atoms with Gasteiger partial charge in [0.15, 0.2) is 0 Å². The average molecular weight is 383 g/mol. The first-order chi connectivity index (χ1) is 13.7. The molecule has 0 saturated carbocycles. The van der Waals surface area contributed by atoms with E-state index in [-0.39, 0.29) is 12.5 Å². The predicted octanol–water partition coefficient (Wildman–Crippen LogP) is 5.26. The minimum Gasteiger partial charge on any atom is -0.494 e. The van der Waals surface area contributed by atoms with Crippen molar-refractivity contribution in [3.05, 3.63) is 61.2 Å². The molecule has 5 heteroatoms. The lowest BCUT2D eigenvalue weighted by molar-refractivity contribution is -0.114. The zero-order chi connectivity index (χ0) is 20.0. The summed E-state index contributed by atoms with van der Waals surface area (Å²) in [6.07, 6.45) is 6.41. The number of para-hydroxylation sites is 2. The number of carbonyl (C=O) groups is 1. The summed E-state index contributed by atoms with van der Waals surface area (Å²) in [5.74, 6) is 1.32. The lowest BCUT2D eigenvalue weighted by atomic mass is 10.2. The fourth-order valence-electron chi connectivity index (χ4n) is 2.61. The molecule has 0 saturated heterocycles. The molecular weight excluding hydrogens is 352 g/mol. The largest absolute Gasteiger partial charge is 0.494 e. The van der Waals surface area contributed by atoms with Crippen LogP contribution in [-0.2, 0) is 4.79 Å². The third-order valence-corrected chi connectivity index (χ3v) is 4.09. The molecule has 0 spiro atoms. The molecular formula is C23H30N2O3. The zero-order valence-electron chi connectivity index (χ0n) is 16.6. The van der Waals surface area contributed by atoms with Crippen LogP contribution in [0.2, 0.25) is 0 Å². The minimum atomic E-state index is -0.147. The number of hydrogen-bond acceptors (Lipinski definition) is 4. The van der Waals surface area contributed by atoms with Crippen molar-refractivity contribution in [2.45, 2.75) is 32.6 Å². The van der Waals surface area contributed by atoms with Crippen molar-refractivity contribution in [1.82, 2.24) is 0 Å². The third kappa shape index (κ3) is 7.74. The second kappa shape index (κ2) is 12.4.